The standard InChI is InChI=1S/C5H13O14P3/c6-3-2(1-16-20(8,9)10)17-5(4(3)7)18-22(14,15)19-21(11,12)13/h2-7H,1H2,(H,14,15)(H2,8,9,10)(H2,11,12,13)/p-5. The predicted molar refractivity (Wildman–Crippen MR) is 51.6 cm³/mol. The van der Waals surface area contributed by atoms with Crippen LogP contribution in [0, 0.1) is 0 Å². The Balaban J connectivity index is 2.68. The molecule has 0 aromatic carbocycles. The molecule has 0 saturated carbocycles. The summed E-state index contributed by atoms with van der Waals surface area (Å²) < 4.78 is 46.8. The molecular formula is C5H8O14P3-5. The van der Waals surface area contributed by atoms with E-state index < -0.39 is 54.7 Å². The second-order valence-corrected chi connectivity index (χ2v) is 7.65. The minimum atomic E-state index is -5.97. The molecule has 17 heteroatoms. The van der Waals surface area contributed by atoms with E-state index in [0.29, 0.717) is 0 Å². The van der Waals surface area contributed by atoms with Crippen molar-refractivity contribution >= 4 is 23.5 Å². The van der Waals surface area contributed by atoms with E-state index in [1.807, 2.05) is 0 Å². The van der Waals surface area contributed by atoms with Gasteiger partial charge in [0.15, 0.2) is 6.29 Å². The molecule has 0 spiro atoms. The maximum absolute atomic E-state index is 11.0. The lowest BCUT2D eigenvalue weighted by atomic mass is 10.1. The summed E-state index contributed by atoms with van der Waals surface area (Å²) in [7, 11) is -17.2. The Kier molecular flexibility index (Phi) is 6.47. The number of ether oxygens (including phenoxy) is 1. The van der Waals surface area contributed by atoms with Gasteiger partial charge in [-0.1, -0.05) is 0 Å². The largest absolute Gasteiger partial charge is 0.790 e. The lowest BCUT2D eigenvalue weighted by molar-refractivity contribution is -0.345. The average molecular weight is 385 g/mol. The van der Waals surface area contributed by atoms with Crippen LogP contribution in [0.3, 0.4) is 0 Å². The van der Waals surface area contributed by atoms with Crippen molar-refractivity contribution in [2.45, 2.75) is 24.6 Å². The molecule has 5 atom stereocenters. The Hall–Kier alpha value is 0.250. The van der Waals surface area contributed by atoms with Gasteiger partial charge in [0, 0.05) is 0 Å². The first-order valence-corrected chi connectivity index (χ1v) is 9.49. The molecule has 1 heterocycles. The van der Waals surface area contributed by atoms with Gasteiger partial charge in [-0.3, -0.25) is 13.4 Å². The third-order valence-electron chi connectivity index (χ3n) is 2.15. The second kappa shape index (κ2) is 7.01. The fraction of sp³-hybridized carbons (Fsp3) is 1.00. The smallest absolute Gasteiger partial charge is 0.274 e. The number of phosphoric ester groups is 2. The Morgan fingerprint density at radius 3 is 1.95 bits per heavy atom. The molecule has 0 aromatic rings. The highest BCUT2D eigenvalue weighted by atomic mass is 31.3. The molecule has 0 aromatic heterocycles. The average Bonchev–Trinajstić information content (AvgIpc) is 2.49. The molecule has 1 saturated heterocycles. The molecule has 2 N–H and O–H groups in total. The molecule has 132 valence electrons. The van der Waals surface area contributed by atoms with Crippen molar-refractivity contribution in [3.63, 3.8) is 0 Å². The van der Waals surface area contributed by atoms with Crippen LogP contribution in [0.1, 0.15) is 0 Å². The lowest BCUT2D eigenvalue weighted by Gasteiger charge is -2.36. The van der Waals surface area contributed by atoms with Crippen LogP contribution < -0.4 is 24.5 Å². The Morgan fingerprint density at radius 1 is 0.955 bits per heavy atom. The van der Waals surface area contributed by atoms with E-state index in [9.17, 15) is 48.4 Å². The summed E-state index contributed by atoms with van der Waals surface area (Å²) in [6, 6.07) is 0. The SMILES string of the molecule is O=P([O-])([O-])OCC1OC(OP(=O)([O-])OP(=O)([O-])[O-])C(O)C1O. The summed E-state index contributed by atoms with van der Waals surface area (Å²) in [5, 5.41) is 18.8. The van der Waals surface area contributed by atoms with Gasteiger partial charge in [-0.15, -0.1) is 0 Å². The molecule has 1 aliphatic heterocycles. The first kappa shape index (κ1) is 20.3. The number of hydrogen-bond donors (Lipinski definition) is 2. The van der Waals surface area contributed by atoms with E-state index in [-0.39, 0.29) is 0 Å². The molecule has 0 radical (unpaired) electrons. The number of hydrogen-bond acceptors (Lipinski definition) is 14. The Morgan fingerprint density at radius 2 is 1.50 bits per heavy atom. The molecule has 1 rings (SSSR count). The van der Waals surface area contributed by atoms with Crippen LogP contribution in [-0.4, -0.2) is 41.4 Å². The van der Waals surface area contributed by atoms with Gasteiger partial charge in [-0.25, -0.2) is 0 Å². The molecular weight excluding hydrogens is 377 g/mol. The van der Waals surface area contributed by atoms with E-state index in [4.69, 9.17) is 0 Å². The molecule has 0 bridgehead atoms. The van der Waals surface area contributed by atoms with E-state index in [2.05, 4.69) is 18.1 Å². The highest BCUT2D eigenvalue weighted by molar-refractivity contribution is 7.58. The van der Waals surface area contributed by atoms with Crippen LogP contribution in [0.2, 0.25) is 0 Å². The van der Waals surface area contributed by atoms with Crippen molar-refractivity contribution in [2.24, 2.45) is 0 Å². The molecule has 14 nitrogen and oxygen atoms in total. The quantitative estimate of drug-likeness (QED) is 0.388. The molecule has 22 heavy (non-hydrogen) atoms. The summed E-state index contributed by atoms with van der Waals surface area (Å²) in [6.45, 7) is -1.08. The zero-order chi connectivity index (χ0) is 17.3. The van der Waals surface area contributed by atoms with E-state index in [0.717, 1.165) is 0 Å². The summed E-state index contributed by atoms with van der Waals surface area (Å²) in [6.07, 6.45) is -7.96. The van der Waals surface area contributed by atoms with Crippen molar-refractivity contribution in [3.8, 4) is 0 Å². The minimum absolute atomic E-state index is 1.08. The van der Waals surface area contributed by atoms with Crippen LogP contribution in [0.25, 0.3) is 0 Å². The number of phosphoric acid groups is 3. The molecule has 1 fully saturated rings. The second-order valence-electron chi connectivity index (χ2n) is 3.85. The molecule has 5 unspecified atom stereocenters. The predicted octanol–water partition coefficient (Wildman–Crippen LogP) is -5.39. The van der Waals surface area contributed by atoms with Crippen molar-refractivity contribution in [2.75, 3.05) is 6.61 Å². The van der Waals surface area contributed by atoms with Crippen LogP contribution in [-0.2, 0) is 31.8 Å². The Labute approximate surface area is 122 Å². The van der Waals surface area contributed by atoms with Gasteiger partial charge >= 0.3 is 0 Å². The van der Waals surface area contributed by atoms with E-state index in [1.165, 1.54) is 0 Å². The van der Waals surface area contributed by atoms with Gasteiger partial charge in [0.05, 0.1) is 22.3 Å². The number of rotatable bonds is 7. The van der Waals surface area contributed by atoms with Gasteiger partial charge in [0.1, 0.15) is 18.3 Å². The normalized spacial score (nSPS) is 32.9. The van der Waals surface area contributed by atoms with Crippen LogP contribution in [0.5, 0.6) is 0 Å². The molecule has 0 aliphatic carbocycles. The van der Waals surface area contributed by atoms with Crippen molar-refractivity contribution < 1.29 is 66.5 Å². The van der Waals surface area contributed by atoms with E-state index in [1.54, 1.807) is 0 Å². The fourth-order valence-corrected chi connectivity index (χ4v) is 3.27. The van der Waals surface area contributed by atoms with Gasteiger partial charge in [-0.2, -0.15) is 0 Å². The van der Waals surface area contributed by atoms with Gasteiger partial charge in [-0.05, 0) is 0 Å². The van der Waals surface area contributed by atoms with Crippen molar-refractivity contribution in [1.82, 2.24) is 0 Å². The van der Waals surface area contributed by atoms with Gasteiger partial charge < -0.3 is 53.1 Å². The van der Waals surface area contributed by atoms with Crippen LogP contribution in [0.4, 0.5) is 0 Å². The summed E-state index contributed by atoms with van der Waals surface area (Å²) in [5.74, 6) is 0. The third-order valence-corrected chi connectivity index (χ3v) is 4.68. The molecule has 0 amide bonds. The lowest BCUT2D eigenvalue weighted by Crippen LogP contribution is -2.35. The van der Waals surface area contributed by atoms with Crippen LogP contribution >= 0.6 is 23.5 Å². The maximum Gasteiger partial charge on any atom is 0.274 e. The topological polar surface area (TPSA) is 244 Å². The Bertz CT molecular complexity index is 521. The first-order chi connectivity index (χ1) is 9.70. The third kappa shape index (κ3) is 6.79. The zero-order valence-electron chi connectivity index (χ0n) is 10.2. The number of aliphatic hydroxyl groups is 2. The maximum atomic E-state index is 11.0. The summed E-state index contributed by atoms with van der Waals surface area (Å²) >= 11 is 0. The summed E-state index contributed by atoms with van der Waals surface area (Å²) in [4.78, 5) is 51.9. The van der Waals surface area contributed by atoms with Gasteiger partial charge in [0.25, 0.3) is 7.82 Å². The van der Waals surface area contributed by atoms with Crippen LogP contribution in [0.15, 0.2) is 0 Å². The van der Waals surface area contributed by atoms with E-state index >= 15 is 0 Å². The highest BCUT2D eigenvalue weighted by Gasteiger charge is 2.45. The van der Waals surface area contributed by atoms with Gasteiger partial charge in [0.2, 0.25) is 0 Å². The number of aliphatic hydroxyl groups excluding tert-OH is 2. The first-order valence-electron chi connectivity index (χ1n) is 5.11. The molecule has 1 aliphatic rings. The summed E-state index contributed by atoms with van der Waals surface area (Å²) in [5.41, 5.74) is 0. The van der Waals surface area contributed by atoms with Crippen molar-refractivity contribution in [3.05, 3.63) is 0 Å². The van der Waals surface area contributed by atoms with Crippen molar-refractivity contribution in [1.29, 1.82) is 0 Å². The zero-order valence-corrected chi connectivity index (χ0v) is 12.8. The monoisotopic (exact) mass is 385 g/mol. The minimum Gasteiger partial charge on any atom is -0.790 e. The fourth-order valence-electron chi connectivity index (χ4n) is 1.37. The highest BCUT2D eigenvalue weighted by Crippen LogP contribution is 2.52.